The van der Waals surface area contributed by atoms with Gasteiger partial charge in [-0.25, -0.2) is 4.98 Å². The summed E-state index contributed by atoms with van der Waals surface area (Å²) in [5.74, 6) is -0.828. The maximum Gasteiger partial charge on any atom is 0.281 e. The minimum atomic E-state index is -0.440. The molecule has 0 saturated carbocycles. The molecule has 4 rings (SSSR count). The highest BCUT2D eigenvalue weighted by Gasteiger charge is 2.17. The van der Waals surface area contributed by atoms with Gasteiger partial charge in [-0.05, 0) is 12.1 Å². The number of thiazole rings is 1. The molecule has 28 heavy (non-hydrogen) atoms. The molecule has 0 aliphatic carbocycles. The molecule has 2 amide bonds. The van der Waals surface area contributed by atoms with Crippen molar-refractivity contribution in [3.63, 3.8) is 0 Å². The van der Waals surface area contributed by atoms with Crippen LogP contribution in [0.15, 0.2) is 60.9 Å². The minimum absolute atomic E-state index is 0.369. The van der Waals surface area contributed by atoms with Crippen molar-refractivity contribution in [2.45, 2.75) is 0 Å². The first-order valence-electron chi connectivity index (χ1n) is 8.40. The van der Waals surface area contributed by atoms with E-state index in [0.717, 1.165) is 16.5 Å². The number of fused-ring (bicyclic) bond motifs is 1. The number of hydrazine groups is 1. The van der Waals surface area contributed by atoms with Crippen molar-refractivity contribution in [1.29, 1.82) is 0 Å². The lowest BCUT2D eigenvalue weighted by molar-refractivity contribution is 0.0849. The van der Waals surface area contributed by atoms with Crippen LogP contribution in [-0.2, 0) is 7.05 Å². The van der Waals surface area contributed by atoms with Gasteiger partial charge in [-0.3, -0.25) is 20.4 Å². The molecular formula is C20H15ClN4O2S. The topological polar surface area (TPSA) is 76.0 Å². The van der Waals surface area contributed by atoms with Crippen molar-refractivity contribution >= 4 is 45.7 Å². The number of carbonyl (C=O) groups is 2. The lowest BCUT2D eigenvalue weighted by Gasteiger charge is -2.05. The number of para-hydroxylation sites is 1. The van der Waals surface area contributed by atoms with Crippen molar-refractivity contribution in [2.75, 3.05) is 0 Å². The van der Waals surface area contributed by atoms with Gasteiger partial charge in [-0.2, -0.15) is 0 Å². The molecule has 0 bridgehead atoms. The van der Waals surface area contributed by atoms with Crippen LogP contribution in [0.4, 0.5) is 0 Å². The summed E-state index contributed by atoms with van der Waals surface area (Å²) in [6.45, 7) is 0. The Morgan fingerprint density at radius 2 is 1.75 bits per heavy atom. The van der Waals surface area contributed by atoms with Crippen LogP contribution in [0.2, 0.25) is 5.02 Å². The van der Waals surface area contributed by atoms with Crippen LogP contribution >= 0.6 is 22.9 Å². The molecule has 140 valence electrons. The molecule has 0 fully saturated rings. The summed E-state index contributed by atoms with van der Waals surface area (Å²) in [6, 6.07) is 14.9. The number of halogens is 1. The molecule has 0 saturated heterocycles. The Bertz CT molecular complexity index is 1200. The van der Waals surface area contributed by atoms with Crippen LogP contribution in [0.3, 0.4) is 0 Å². The van der Waals surface area contributed by atoms with E-state index in [0.29, 0.717) is 20.5 Å². The average Bonchev–Trinajstić information content (AvgIpc) is 3.32. The molecule has 2 aromatic heterocycles. The first-order valence-corrected chi connectivity index (χ1v) is 9.59. The number of benzene rings is 2. The van der Waals surface area contributed by atoms with Crippen molar-refractivity contribution < 1.29 is 9.59 Å². The maximum absolute atomic E-state index is 12.5. The van der Waals surface area contributed by atoms with Gasteiger partial charge in [0, 0.05) is 29.7 Å². The molecular weight excluding hydrogens is 396 g/mol. The third-order valence-corrected chi connectivity index (χ3v) is 5.62. The van der Waals surface area contributed by atoms with Gasteiger partial charge >= 0.3 is 0 Å². The summed E-state index contributed by atoms with van der Waals surface area (Å²) in [6.07, 6.45) is 3.19. The van der Waals surface area contributed by atoms with E-state index in [1.165, 1.54) is 17.5 Å². The fourth-order valence-corrected chi connectivity index (χ4v) is 4.04. The van der Waals surface area contributed by atoms with Gasteiger partial charge in [0.1, 0.15) is 9.88 Å². The van der Waals surface area contributed by atoms with E-state index in [4.69, 9.17) is 11.6 Å². The van der Waals surface area contributed by atoms with Gasteiger partial charge in [-0.1, -0.05) is 48.0 Å². The Morgan fingerprint density at radius 3 is 2.57 bits per heavy atom. The molecule has 2 heterocycles. The Morgan fingerprint density at radius 1 is 1.04 bits per heavy atom. The largest absolute Gasteiger partial charge is 0.350 e. The van der Waals surface area contributed by atoms with E-state index in [1.54, 1.807) is 12.3 Å². The van der Waals surface area contributed by atoms with Crippen LogP contribution < -0.4 is 10.9 Å². The Hall–Kier alpha value is -3.16. The second-order valence-corrected chi connectivity index (χ2v) is 7.53. The van der Waals surface area contributed by atoms with Crippen molar-refractivity contribution in [1.82, 2.24) is 20.4 Å². The molecule has 0 unspecified atom stereocenters. The van der Waals surface area contributed by atoms with Gasteiger partial charge in [0.15, 0.2) is 0 Å². The normalized spacial score (nSPS) is 10.8. The van der Waals surface area contributed by atoms with E-state index in [-0.39, 0.29) is 5.91 Å². The van der Waals surface area contributed by atoms with Crippen molar-refractivity contribution in [3.8, 4) is 10.6 Å². The van der Waals surface area contributed by atoms with E-state index >= 15 is 0 Å². The molecule has 0 aliphatic rings. The van der Waals surface area contributed by atoms with Gasteiger partial charge in [0.2, 0.25) is 0 Å². The van der Waals surface area contributed by atoms with Gasteiger partial charge in [0.05, 0.1) is 16.8 Å². The zero-order valence-corrected chi connectivity index (χ0v) is 16.3. The number of nitrogens with one attached hydrogen (secondary N) is 2. The number of aryl methyl sites for hydroxylation is 1. The van der Waals surface area contributed by atoms with Gasteiger partial charge < -0.3 is 4.57 Å². The molecule has 6 nitrogen and oxygen atoms in total. The zero-order chi connectivity index (χ0) is 19.7. The van der Waals surface area contributed by atoms with E-state index in [9.17, 15) is 9.59 Å². The predicted octanol–water partition coefficient (Wildman–Crippen LogP) is 4.03. The average molecular weight is 411 g/mol. The first kappa shape index (κ1) is 18.2. The number of carbonyl (C=O) groups excluding carboxylic acids is 2. The second-order valence-electron chi connectivity index (χ2n) is 6.09. The maximum atomic E-state index is 12.5. The summed E-state index contributed by atoms with van der Waals surface area (Å²) in [5, 5.41) is 2.01. The third-order valence-electron chi connectivity index (χ3n) is 4.26. The monoisotopic (exact) mass is 410 g/mol. The SMILES string of the molecule is Cn1cc(C(=O)NNC(=O)c2cnc(-c3ccccc3Cl)s2)c2ccccc21. The van der Waals surface area contributed by atoms with Crippen LogP contribution in [0, 0.1) is 0 Å². The Balaban J connectivity index is 1.47. The predicted molar refractivity (Wildman–Crippen MR) is 110 cm³/mol. The summed E-state index contributed by atoms with van der Waals surface area (Å²) in [5.41, 5.74) is 7.08. The molecule has 2 aromatic carbocycles. The Labute approximate surface area is 169 Å². The fraction of sp³-hybridized carbons (Fsp3) is 0.0500. The number of hydrogen-bond donors (Lipinski definition) is 2. The van der Waals surface area contributed by atoms with Crippen molar-refractivity contribution in [2.24, 2.45) is 7.05 Å². The molecule has 8 heteroatoms. The molecule has 2 N–H and O–H groups in total. The van der Waals surface area contributed by atoms with E-state index < -0.39 is 5.91 Å². The fourth-order valence-electron chi connectivity index (χ4n) is 2.90. The minimum Gasteiger partial charge on any atom is -0.350 e. The molecule has 0 spiro atoms. The second kappa shape index (κ2) is 7.46. The first-order chi connectivity index (χ1) is 13.5. The number of rotatable bonds is 3. The quantitative estimate of drug-likeness (QED) is 0.500. The number of amides is 2. The molecule has 4 aromatic rings. The molecule has 0 aliphatic heterocycles. The van der Waals surface area contributed by atoms with Crippen LogP contribution in [-0.4, -0.2) is 21.4 Å². The third kappa shape index (κ3) is 3.37. The van der Waals surface area contributed by atoms with Crippen LogP contribution in [0.1, 0.15) is 20.0 Å². The van der Waals surface area contributed by atoms with E-state index in [2.05, 4.69) is 15.8 Å². The van der Waals surface area contributed by atoms with Gasteiger partial charge in [-0.15, -0.1) is 11.3 Å². The van der Waals surface area contributed by atoms with E-state index in [1.807, 2.05) is 54.1 Å². The highest BCUT2D eigenvalue weighted by Crippen LogP contribution is 2.30. The van der Waals surface area contributed by atoms with Crippen molar-refractivity contribution in [3.05, 3.63) is 76.4 Å². The van der Waals surface area contributed by atoms with Crippen LogP contribution in [0.25, 0.3) is 21.5 Å². The summed E-state index contributed by atoms with van der Waals surface area (Å²) in [7, 11) is 1.87. The number of aromatic nitrogens is 2. The summed E-state index contributed by atoms with van der Waals surface area (Å²) in [4.78, 5) is 29.5. The smallest absolute Gasteiger partial charge is 0.281 e. The molecule has 0 atom stereocenters. The van der Waals surface area contributed by atoms with Crippen LogP contribution in [0.5, 0.6) is 0 Å². The number of nitrogens with zero attached hydrogens (tertiary/aromatic N) is 2. The summed E-state index contributed by atoms with van der Waals surface area (Å²) < 4.78 is 1.87. The lowest BCUT2D eigenvalue weighted by Crippen LogP contribution is -2.41. The number of hydrogen-bond acceptors (Lipinski definition) is 4. The molecule has 0 radical (unpaired) electrons. The highest BCUT2D eigenvalue weighted by atomic mass is 35.5. The zero-order valence-electron chi connectivity index (χ0n) is 14.8. The van der Waals surface area contributed by atoms with Gasteiger partial charge in [0.25, 0.3) is 11.8 Å². The standard InChI is InChI=1S/C20H15ClN4O2S/c1-25-11-14(12-6-3-5-9-16(12)25)18(26)23-24-19(27)17-10-22-20(28-17)13-7-2-4-8-15(13)21/h2-11H,1H3,(H,23,26)(H,24,27). The lowest BCUT2D eigenvalue weighted by atomic mass is 10.2. The summed E-state index contributed by atoms with van der Waals surface area (Å²) >= 11 is 7.37. The Kier molecular flexibility index (Phi) is 4.85. The highest BCUT2D eigenvalue weighted by molar-refractivity contribution is 7.17.